The van der Waals surface area contributed by atoms with E-state index in [2.05, 4.69) is 20.4 Å². The number of nitrogens with zero attached hydrogens (tertiary/aromatic N) is 3. The van der Waals surface area contributed by atoms with Crippen LogP contribution in [0.15, 0.2) is 0 Å². The van der Waals surface area contributed by atoms with E-state index in [0.717, 1.165) is 22.7 Å². The normalized spacial score (nSPS) is 24.9. The maximum absolute atomic E-state index is 4.31. The first-order valence-corrected chi connectivity index (χ1v) is 7.45. The van der Waals surface area contributed by atoms with Crippen molar-refractivity contribution < 1.29 is 0 Å². The third kappa shape index (κ3) is 2.77. The van der Waals surface area contributed by atoms with E-state index >= 15 is 0 Å². The van der Waals surface area contributed by atoms with Crippen molar-refractivity contribution in [3.8, 4) is 0 Å². The first-order chi connectivity index (χ1) is 8.33. The Morgan fingerprint density at radius 1 is 1.29 bits per heavy atom. The molecule has 1 aliphatic heterocycles. The van der Waals surface area contributed by atoms with E-state index in [1.165, 1.54) is 38.6 Å². The fourth-order valence-corrected chi connectivity index (χ4v) is 3.26. The Balaban J connectivity index is 1.67. The topological polar surface area (TPSA) is 41.1 Å². The molecule has 0 aromatic carbocycles. The zero-order valence-electron chi connectivity index (χ0n) is 10.4. The van der Waals surface area contributed by atoms with Gasteiger partial charge in [0.2, 0.25) is 5.13 Å². The Labute approximate surface area is 106 Å². The molecule has 4 nitrogen and oxygen atoms in total. The predicted octanol–water partition coefficient (Wildman–Crippen LogP) is 1.96. The maximum Gasteiger partial charge on any atom is 0.208 e. The molecule has 2 heterocycles. The summed E-state index contributed by atoms with van der Waals surface area (Å²) in [4.78, 5) is 2.48. The van der Waals surface area contributed by atoms with Gasteiger partial charge in [-0.15, -0.1) is 10.2 Å². The van der Waals surface area contributed by atoms with Crippen LogP contribution in [-0.2, 0) is 0 Å². The Hall–Kier alpha value is -0.680. The second-order valence-electron chi connectivity index (χ2n) is 5.13. The summed E-state index contributed by atoms with van der Waals surface area (Å²) in [7, 11) is 0. The van der Waals surface area contributed by atoms with Gasteiger partial charge in [0.05, 0.1) is 0 Å². The van der Waals surface area contributed by atoms with Crippen LogP contribution in [0.4, 0.5) is 5.13 Å². The minimum Gasteiger partial charge on any atom is -0.342 e. The van der Waals surface area contributed by atoms with E-state index < -0.39 is 0 Å². The quantitative estimate of drug-likeness (QED) is 0.889. The molecule has 2 aliphatic rings. The number of aromatic nitrogens is 2. The Morgan fingerprint density at radius 3 is 2.76 bits per heavy atom. The highest BCUT2D eigenvalue weighted by Gasteiger charge is 2.32. The molecule has 17 heavy (non-hydrogen) atoms. The van der Waals surface area contributed by atoms with Crippen LogP contribution in [0.25, 0.3) is 0 Å². The van der Waals surface area contributed by atoms with Gasteiger partial charge in [-0.1, -0.05) is 17.8 Å². The number of aryl methyl sites for hydroxylation is 1. The van der Waals surface area contributed by atoms with Crippen LogP contribution in [0.3, 0.4) is 0 Å². The molecule has 1 unspecified atom stereocenters. The molecule has 94 valence electrons. The summed E-state index contributed by atoms with van der Waals surface area (Å²) in [5.41, 5.74) is 0. The highest BCUT2D eigenvalue weighted by atomic mass is 32.1. The van der Waals surface area contributed by atoms with Crippen molar-refractivity contribution in [2.75, 3.05) is 18.0 Å². The smallest absolute Gasteiger partial charge is 0.208 e. The lowest BCUT2D eigenvalue weighted by Crippen LogP contribution is -2.44. The Kier molecular flexibility index (Phi) is 3.29. The molecule has 0 amide bonds. The fraction of sp³-hybridized carbons (Fsp3) is 0.833. The molecule has 2 fully saturated rings. The van der Waals surface area contributed by atoms with Gasteiger partial charge >= 0.3 is 0 Å². The third-order valence-corrected chi connectivity index (χ3v) is 4.45. The monoisotopic (exact) mass is 252 g/mol. The summed E-state index contributed by atoms with van der Waals surface area (Å²) >= 11 is 1.73. The summed E-state index contributed by atoms with van der Waals surface area (Å²) in [6.07, 6.45) is 6.65. The summed E-state index contributed by atoms with van der Waals surface area (Å²) in [5.74, 6) is 0. The Bertz CT molecular complexity index is 368. The second kappa shape index (κ2) is 4.90. The molecule has 5 heteroatoms. The van der Waals surface area contributed by atoms with Gasteiger partial charge in [0.25, 0.3) is 0 Å². The molecular weight excluding hydrogens is 232 g/mol. The highest BCUT2D eigenvalue weighted by Crippen LogP contribution is 2.33. The van der Waals surface area contributed by atoms with Crippen molar-refractivity contribution in [1.82, 2.24) is 15.5 Å². The average molecular weight is 252 g/mol. The SMILES string of the molecule is Cc1nnc(N(CC2CCCCN2)C2CC2)s1. The molecule has 1 atom stereocenters. The van der Waals surface area contributed by atoms with Crippen LogP contribution in [0, 0.1) is 6.92 Å². The van der Waals surface area contributed by atoms with Gasteiger partial charge in [0.15, 0.2) is 0 Å². The number of hydrogen-bond donors (Lipinski definition) is 1. The molecule has 1 saturated heterocycles. The van der Waals surface area contributed by atoms with E-state index in [4.69, 9.17) is 0 Å². The summed E-state index contributed by atoms with van der Waals surface area (Å²) in [5, 5.41) is 14.3. The average Bonchev–Trinajstić information content (AvgIpc) is 3.10. The minimum absolute atomic E-state index is 0.647. The molecule has 0 radical (unpaired) electrons. The van der Waals surface area contributed by atoms with E-state index in [-0.39, 0.29) is 0 Å². The third-order valence-electron chi connectivity index (χ3n) is 3.58. The van der Waals surface area contributed by atoms with Crippen molar-refractivity contribution in [3.63, 3.8) is 0 Å². The molecule has 0 bridgehead atoms. The number of nitrogens with one attached hydrogen (secondary N) is 1. The number of piperidine rings is 1. The second-order valence-corrected chi connectivity index (χ2v) is 6.29. The fourth-order valence-electron chi connectivity index (χ4n) is 2.49. The van der Waals surface area contributed by atoms with Crippen molar-refractivity contribution in [2.24, 2.45) is 0 Å². The van der Waals surface area contributed by atoms with Crippen LogP contribution in [-0.4, -0.2) is 35.4 Å². The summed E-state index contributed by atoms with van der Waals surface area (Å²) in [6, 6.07) is 1.37. The van der Waals surface area contributed by atoms with Gasteiger partial charge in [-0.2, -0.15) is 0 Å². The van der Waals surface area contributed by atoms with Crippen LogP contribution in [0.2, 0.25) is 0 Å². The van der Waals surface area contributed by atoms with Crippen molar-refractivity contribution in [2.45, 2.75) is 51.1 Å². The lowest BCUT2D eigenvalue weighted by molar-refractivity contribution is 0.398. The van der Waals surface area contributed by atoms with E-state index in [1.54, 1.807) is 11.3 Å². The van der Waals surface area contributed by atoms with Crippen molar-refractivity contribution in [1.29, 1.82) is 0 Å². The summed E-state index contributed by atoms with van der Waals surface area (Å²) < 4.78 is 0. The predicted molar refractivity (Wildman–Crippen MR) is 70.7 cm³/mol. The lowest BCUT2D eigenvalue weighted by Gasteiger charge is -2.30. The van der Waals surface area contributed by atoms with Crippen LogP contribution in [0.5, 0.6) is 0 Å². The van der Waals surface area contributed by atoms with Crippen LogP contribution < -0.4 is 10.2 Å². The van der Waals surface area contributed by atoms with E-state index in [9.17, 15) is 0 Å². The molecule has 0 spiro atoms. The molecule has 1 N–H and O–H groups in total. The molecule has 1 aromatic heterocycles. The summed E-state index contributed by atoms with van der Waals surface area (Å²) in [6.45, 7) is 4.32. The number of anilines is 1. The Morgan fingerprint density at radius 2 is 2.18 bits per heavy atom. The standard InChI is InChI=1S/C12H20N4S/c1-9-14-15-12(17-9)16(11-5-6-11)8-10-4-2-3-7-13-10/h10-11,13H,2-8H2,1H3. The van der Waals surface area contributed by atoms with Gasteiger partial charge in [-0.25, -0.2) is 0 Å². The molecule has 1 saturated carbocycles. The largest absolute Gasteiger partial charge is 0.342 e. The van der Waals surface area contributed by atoms with Gasteiger partial charge in [-0.3, -0.25) is 0 Å². The zero-order valence-corrected chi connectivity index (χ0v) is 11.2. The van der Waals surface area contributed by atoms with Crippen molar-refractivity contribution >= 4 is 16.5 Å². The first-order valence-electron chi connectivity index (χ1n) is 6.63. The van der Waals surface area contributed by atoms with Gasteiger partial charge in [-0.05, 0) is 39.2 Å². The molecular formula is C12H20N4S. The lowest BCUT2D eigenvalue weighted by atomic mass is 10.0. The van der Waals surface area contributed by atoms with Gasteiger partial charge in [0.1, 0.15) is 5.01 Å². The molecule has 1 aromatic rings. The number of hydrogen-bond acceptors (Lipinski definition) is 5. The zero-order chi connectivity index (χ0) is 11.7. The molecule has 1 aliphatic carbocycles. The first kappa shape index (κ1) is 11.4. The van der Waals surface area contributed by atoms with E-state index in [1.807, 2.05) is 6.92 Å². The van der Waals surface area contributed by atoms with Gasteiger partial charge in [0, 0.05) is 18.6 Å². The minimum atomic E-state index is 0.647. The van der Waals surface area contributed by atoms with Crippen molar-refractivity contribution in [3.05, 3.63) is 5.01 Å². The maximum atomic E-state index is 4.31. The highest BCUT2D eigenvalue weighted by molar-refractivity contribution is 7.15. The number of rotatable bonds is 4. The van der Waals surface area contributed by atoms with Crippen LogP contribution >= 0.6 is 11.3 Å². The van der Waals surface area contributed by atoms with Crippen LogP contribution in [0.1, 0.15) is 37.1 Å². The van der Waals surface area contributed by atoms with E-state index in [0.29, 0.717) is 6.04 Å². The van der Waals surface area contributed by atoms with Gasteiger partial charge < -0.3 is 10.2 Å². The molecule has 3 rings (SSSR count).